The lowest BCUT2D eigenvalue weighted by molar-refractivity contribution is 0.197. The monoisotopic (exact) mass is 527 g/mol. The number of para-hydroxylation sites is 1. The molecular formula is C28H29N7O2S. The number of rotatable bonds is 8. The third-order valence-corrected chi connectivity index (χ3v) is 8.04. The van der Waals surface area contributed by atoms with Crippen LogP contribution in [0.4, 0.5) is 5.13 Å². The van der Waals surface area contributed by atoms with Crippen LogP contribution in [0.15, 0.2) is 72.8 Å². The number of hydrogen-bond donors (Lipinski definition) is 0. The summed E-state index contributed by atoms with van der Waals surface area (Å²) in [6, 6.07) is 24.2. The Hall–Kier alpha value is -4.02. The molecule has 3 aromatic carbocycles. The van der Waals surface area contributed by atoms with Gasteiger partial charge in [0.05, 0.1) is 31.0 Å². The minimum absolute atomic E-state index is 0.212. The van der Waals surface area contributed by atoms with Crippen molar-refractivity contribution in [2.24, 2.45) is 0 Å². The molecule has 194 valence electrons. The number of benzene rings is 3. The van der Waals surface area contributed by atoms with Crippen molar-refractivity contribution < 1.29 is 9.47 Å². The Morgan fingerprint density at radius 3 is 2.45 bits per heavy atom. The highest BCUT2D eigenvalue weighted by Gasteiger charge is 2.33. The zero-order valence-electron chi connectivity index (χ0n) is 21.4. The molecule has 0 radical (unpaired) electrons. The fourth-order valence-electron chi connectivity index (χ4n) is 5.00. The molecule has 0 unspecified atom stereocenters. The molecule has 1 fully saturated rings. The van der Waals surface area contributed by atoms with Gasteiger partial charge in [0, 0.05) is 31.7 Å². The Kier molecular flexibility index (Phi) is 6.89. The van der Waals surface area contributed by atoms with E-state index < -0.39 is 0 Å². The summed E-state index contributed by atoms with van der Waals surface area (Å²) in [6.45, 7) is 3.92. The second-order valence-corrected chi connectivity index (χ2v) is 10.2. The molecule has 5 aromatic rings. The van der Waals surface area contributed by atoms with E-state index in [1.165, 1.54) is 4.70 Å². The minimum atomic E-state index is -0.212. The van der Waals surface area contributed by atoms with Gasteiger partial charge in [-0.25, -0.2) is 9.67 Å². The maximum atomic E-state index is 5.82. The average Bonchev–Trinajstić information content (AvgIpc) is 3.61. The standard InChI is InChI=1S/C28H29N7O2S/c1-36-21-12-13-24(37-2)22(18-21)26(27-30-31-32-35(27)19-20-8-4-3-5-9-20)33-14-16-34(17-15-33)28-29-23-10-6-7-11-25(23)38-28/h3-13,18,26H,14-17,19H2,1-2H3/t26-/m1/s1. The minimum Gasteiger partial charge on any atom is -0.497 e. The van der Waals surface area contributed by atoms with Gasteiger partial charge in [0.15, 0.2) is 11.0 Å². The van der Waals surface area contributed by atoms with Crippen molar-refractivity contribution >= 4 is 26.7 Å². The Morgan fingerprint density at radius 2 is 1.68 bits per heavy atom. The van der Waals surface area contributed by atoms with E-state index in [0.717, 1.165) is 65.3 Å². The van der Waals surface area contributed by atoms with Crippen molar-refractivity contribution in [2.45, 2.75) is 12.6 Å². The molecule has 9 nitrogen and oxygen atoms in total. The first kappa shape index (κ1) is 24.3. The van der Waals surface area contributed by atoms with E-state index in [4.69, 9.17) is 14.5 Å². The van der Waals surface area contributed by atoms with Crippen LogP contribution in [-0.2, 0) is 6.54 Å². The molecule has 1 aliphatic rings. The van der Waals surface area contributed by atoms with Gasteiger partial charge in [-0.2, -0.15) is 0 Å². The second kappa shape index (κ2) is 10.8. The van der Waals surface area contributed by atoms with Crippen LogP contribution >= 0.6 is 11.3 Å². The number of fused-ring (bicyclic) bond motifs is 1. The number of tetrazole rings is 1. The smallest absolute Gasteiger partial charge is 0.186 e. The van der Waals surface area contributed by atoms with Crippen LogP contribution in [0.3, 0.4) is 0 Å². The summed E-state index contributed by atoms with van der Waals surface area (Å²) in [5.41, 5.74) is 3.16. The molecular weight excluding hydrogens is 498 g/mol. The van der Waals surface area contributed by atoms with Gasteiger partial charge in [-0.15, -0.1) is 5.10 Å². The Labute approximate surface area is 225 Å². The first-order chi connectivity index (χ1) is 18.7. The summed E-state index contributed by atoms with van der Waals surface area (Å²) in [6.07, 6.45) is 0. The molecule has 38 heavy (non-hydrogen) atoms. The fraction of sp³-hybridized carbons (Fsp3) is 0.286. The Balaban J connectivity index is 1.33. The van der Waals surface area contributed by atoms with Crippen molar-refractivity contribution in [3.8, 4) is 11.5 Å². The number of anilines is 1. The summed E-state index contributed by atoms with van der Waals surface area (Å²) >= 11 is 1.75. The molecule has 2 aromatic heterocycles. The van der Waals surface area contributed by atoms with E-state index >= 15 is 0 Å². The normalized spacial score (nSPS) is 15.1. The van der Waals surface area contributed by atoms with E-state index in [-0.39, 0.29) is 6.04 Å². The molecule has 0 amide bonds. The van der Waals surface area contributed by atoms with Crippen LogP contribution in [0.25, 0.3) is 10.2 Å². The maximum absolute atomic E-state index is 5.82. The summed E-state index contributed by atoms with van der Waals surface area (Å²) in [5.74, 6) is 2.31. The molecule has 0 bridgehead atoms. The molecule has 0 saturated carbocycles. The topological polar surface area (TPSA) is 81.4 Å². The van der Waals surface area contributed by atoms with Crippen LogP contribution < -0.4 is 14.4 Å². The van der Waals surface area contributed by atoms with E-state index in [1.807, 2.05) is 47.1 Å². The number of thiazole rings is 1. The van der Waals surface area contributed by atoms with Crippen LogP contribution in [0.1, 0.15) is 23.0 Å². The van der Waals surface area contributed by atoms with E-state index in [1.54, 1.807) is 25.6 Å². The first-order valence-electron chi connectivity index (χ1n) is 12.6. The number of aromatic nitrogens is 5. The predicted molar refractivity (Wildman–Crippen MR) is 148 cm³/mol. The predicted octanol–water partition coefficient (Wildman–Crippen LogP) is 4.26. The van der Waals surface area contributed by atoms with Crippen molar-refractivity contribution in [1.29, 1.82) is 0 Å². The molecule has 1 atom stereocenters. The van der Waals surface area contributed by atoms with Gasteiger partial charge in [0.2, 0.25) is 0 Å². The van der Waals surface area contributed by atoms with Gasteiger partial charge in [-0.3, -0.25) is 4.90 Å². The highest BCUT2D eigenvalue weighted by molar-refractivity contribution is 7.22. The largest absolute Gasteiger partial charge is 0.497 e. The van der Waals surface area contributed by atoms with Gasteiger partial charge >= 0.3 is 0 Å². The van der Waals surface area contributed by atoms with Crippen LogP contribution in [-0.4, -0.2) is 70.5 Å². The first-order valence-corrected chi connectivity index (χ1v) is 13.4. The van der Waals surface area contributed by atoms with E-state index in [9.17, 15) is 0 Å². The van der Waals surface area contributed by atoms with Crippen LogP contribution in [0.5, 0.6) is 11.5 Å². The SMILES string of the molecule is COc1ccc(OC)c([C@H](c2nnnn2Cc2ccccc2)N2CCN(c3nc4ccccc4s3)CC2)c1. The van der Waals surface area contributed by atoms with Crippen molar-refractivity contribution in [3.05, 3.63) is 89.7 Å². The van der Waals surface area contributed by atoms with Gasteiger partial charge in [-0.05, 0) is 46.3 Å². The van der Waals surface area contributed by atoms with Gasteiger partial charge < -0.3 is 14.4 Å². The zero-order chi connectivity index (χ0) is 25.9. The summed E-state index contributed by atoms with van der Waals surface area (Å²) in [5, 5.41) is 14.1. The fourth-order valence-corrected chi connectivity index (χ4v) is 6.01. The number of ether oxygens (including phenoxy) is 2. The highest BCUT2D eigenvalue weighted by Crippen LogP contribution is 2.37. The number of nitrogens with zero attached hydrogens (tertiary/aromatic N) is 7. The number of piperazine rings is 1. The molecule has 10 heteroatoms. The lowest BCUT2D eigenvalue weighted by Crippen LogP contribution is -2.48. The third-order valence-electron chi connectivity index (χ3n) is 6.94. The van der Waals surface area contributed by atoms with Gasteiger partial charge in [0.1, 0.15) is 17.5 Å². The number of hydrogen-bond acceptors (Lipinski definition) is 9. The molecule has 1 aliphatic heterocycles. The summed E-state index contributed by atoms with van der Waals surface area (Å²) in [7, 11) is 3.37. The molecule has 0 aliphatic carbocycles. The molecule has 6 rings (SSSR count). The lowest BCUT2D eigenvalue weighted by atomic mass is 10.0. The third kappa shape index (κ3) is 4.80. The van der Waals surface area contributed by atoms with Crippen LogP contribution in [0.2, 0.25) is 0 Å². The summed E-state index contributed by atoms with van der Waals surface area (Å²) in [4.78, 5) is 9.67. The quantitative estimate of drug-likeness (QED) is 0.296. The molecule has 0 N–H and O–H groups in total. The average molecular weight is 528 g/mol. The van der Waals surface area contributed by atoms with Crippen molar-refractivity contribution in [1.82, 2.24) is 30.1 Å². The number of methoxy groups -OCH3 is 2. The van der Waals surface area contributed by atoms with E-state index in [0.29, 0.717) is 6.54 Å². The zero-order valence-corrected chi connectivity index (χ0v) is 22.2. The summed E-state index contributed by atoms with van der Waals surface area (Å²) < 4.78 is 14.5. The van der Waals surface area contributed by atoms with Crippen LogP contribution in [0, 0.1) is 0 Å². The second-order valence-electron chi connectivity index (χ2n) is 9.18. The Bertz CT molecular complexity index is 1480. The highest BCUT2D eigenvalue weighted by atomic mass is 32.1. The molecule has 3 heterocycles. The Morgan fingerprint density at radius 1 is 0.895 bits per heavy atom. The van der Waals surface area contributed by atoms with E-state index in [2.05, 4.69) is 55.7 Å². The molecule has 1 saturated heterocycles. The van der Waals surface area contributed by atoms with Gasteiger partial charge in [0.25, 0.3) is 0 Å². The molecule has 0 spiro atoms. The van der Waals surface area contributed by atoms with Gasteiger partial charge in [-0.1, -0.05) is 53.8 Å². The van der Waals surface area contributed by atoms with Crippen molar-refractivity contribution in [3.63, 3.8) is 0 Å². The van der Waals surface area contributed by atoms with Crippen molar-refractivity contribution in [2.75, 3.05) is 45.3 Å². The lowest BCUT2D eigenvalue weighted by Gasteiger charge is -2.39. The maximum Gasteiger partial charge on any atom is 0.186 e.